The van der Waals surface area contributed by atoms with Crippen LogP contribution in [0.1, 0.15) is 11.3 Å². The Hall–Kier alpha value is -4.03. The zero-order valence-electron chi connectivity index (χ0n) is 17.2. The molecular formula is C26H15ClN4O2. The molecule has 4 aromatic heterocycles. The fraction of sp³-hybridized carbons (Fsp3) is 0.0769. The molecule has 33 heavy (non-hydrogen) atoms. The van der Waals surface area contributed by atoms with Crippen LogP contribution in [0.4, 0.5) is 0 Å². The van der Waals surface area contributed by atoms with Crippen molar-refractivity contribution in [2.75, 3.05) is 0 Å². The highest BCUT2D eigenvalue weighted by Gasteiger charge is 2.25. The van der Waals surface area contributed by atoms with Crippen molar-refractivity contribution < 1.29 is 4.42 Å². The highest BCUT2D eigenvalue weighted by Crippen LogP contribution is 2.37. The average Bonchev–Trinajstić information content (AvgIpc) is 3.27. The minimum atomic E-state index is -0.388. The summed E-state index contributed by atoms with van der Waals surface area (Å²) >= 11 is 6.18. The van der Waals surface area contributed by atoms with E-state index in [9.17, 15) is 4.79 Å². The normalized spacial score (nSPS) is 12.9. The van der Waals surface area contributed by atoms with Crippen LogP contribution >= 0.6 is 11.6 Å². The van der Waals surface area contributed by atoms with E-state index < -0.39 is 0 Å². The molecule has 7 rings (SSSR count). The molecule has 1 aliphatic rings. The van der Waals surface area contributed by atoms with E-state index in [4.69, 9.17) is 26.1 Å². The van der Waals surface area contributed by atoms with E-state index in [0.717, 1.165) is 57.3 Å². The van der Waals surface area contributed by atoms with Gasteiger partial charge >= 0.3 is 5.63 Å². The number of pyridine rings is 2. The van der Waals surface area contributed by atoms with Crippen LogP contribution in [0.2, 0.25) is 5.02 Å². The van der Waals surface area contributed by atoms with Crippen LogP contribution in [0.15, 0.2) is 76.2 Å². The fourth-order valence-corrected chi connectivity index (χ4v) is 4.96. The van der Waals surface area contributed by atoms with Gasteiger partial charge in [-0.1, -0.05) is 23.7 Å². The number of nitrogens with zero attached hydrogens (tertiary/aromatic N) is 4. The Labute approximate surface area is 192 Å². The van der Waals surface area contributed by atoms with Crippen molar-refractivity contribution in [1.82, 2.24) is 19.7 Å². The summed E-state index contributed by atoms with van der Waals surface area (Å²) in [6.07, 6.45) is 5.26. The van der Waals surface area contributed by atoms with Crippen molar-refractivity contribution in [3.8, 4) is 16.9 Å². The van der Waals surface area contributed by atoms with Gasteiger partial charge in [-0.2, -0.15) is 5.10 Å². The summed E-state index contributed by atoms with van der Waals surface area (Å²) < 4.78 is 7.50. The molecule has 0 fully saturated rings. The zero-order chi connectivity index (χ0) is 22.1. The molecule has 158 valence electrons. The Kier molecular flexibility index (Phi) is 3.78. The fourth-order valence-electron chi connectivity index (χ4n) is 4.79. The van der Waals surface area contributed by atoms with E-state index in [1.165, 1.54) is 0 Å². The summed E-state index contributed by atoms with van der Waals surface area (Å²) in [4.78, 5) is 22.3. The van der Waals surface area contributed by atoms with Crippen LogP contribution < -0.4 is 5.63 Å². The number of hydrogen-bond donors (Lipinski definition) is 0. The minimum Gasteiger partial charge on any atom is -0.422 e. The minimum absolute atomic E-state index is 0.388. The van der Waals surface area contributed by atoms with Crippen LogP contribution in [0, 0.1) is 0 Å². The van der Waals surface area contributed by atoms with Crippen molar-refractivity contribution in [3.63, 3.8) is 0 Å². The van der Waals surface area contributed by atoms with Gasteiger partial charge in [-0.3, -0.25) is 9.97 Å². The molecule has 6 nitrogen and oxygen atoms in total. The molecule has 0 bridgehead atoms. The lowest BCUT2D eigenvalue weighted by Gasteiger charge is -2.19. The lowest BCUT2D eigenvalue weighted by Crippen LogP contribution is -2.11. The summed E-state index contributed by atoms with van der Waals surface area (Å²) in [6, 6.07) is 17.0. The van der Waals surface area contributed by atoms with Gasteiger partial charge in [0.1, 0.15) is 5.58 Å². The Morgan fingerprint density at radius 2 is 1.88 bits per heavy atom. The molecule has 0 amide bonds. The molecule has 0 atom stereocenters. The van der Waals surface area contributed by atoms with Gasteiger partial charge in [0.2, 0.25) is 0 Å². The van der Waals surface area contributed by atoms with E-state index >= 15 is 0 Å². The summed E-state index contributed by atoms with van der Waals surface area (Å²) in [7, 11) is 0. The second kappa shape index (κ2) is 6.73. The number of fused-ring (bicyclic) bond motifs is 7. The molecule has 0 spiro atoms. The number of halogens is 1. The van der Waals surface area contributed by atoms with Gasteiger partial charge in [-0.05, 0) is 60.9 Å². The van der Waals surface area contributed by atoms with Crippen LogP contribution in [0.3, 0.4) is 0 Å². The number of para-hydroxylation sites is 1. The highest BCUT2D eigenvalue weighted by molar-refractivity contribution is 6.31. The van der Waals surface area contributed by atoms with Crippen molar-refractivity contribution in [2.24, 2.45) is 0 Å². The number of benzene rings is 2. The second-order valence-electron chi connectivity index (χ2n) is 8.19. The Morgan fingerprint density at radius 3 is 2.82 bits per heavy atom. The molecule has 6 aromatic rings. The number of rotatable bonds is 1. The van der Waals surface area contributed by atoms with Crippen molar-refractivity contribution in [2.45, 2.75) is 12.8 Å². The quantitative estimate of drug-likeness (QED) is 0.244. The molecule has 0 aliphatic heterocycles. The standard InChI is InChI=1S/C26H15ClN4O2/c27-15-6-7-16-21(11-15)28-10-9-22(16)31-25-14(13-29-31)5-8-20-18(25)12-19-24(30-20)17-3-1-2-4-23(17)33-26(19)32/h1-4,6-7,9-13H,5,8H2. The van der Waals surface area contributed by atoms with Gasteiger partial charge in [0.05, 0.1) is 39.7 Å². The Bertz CT molecular complexity index is 1820. The monoisotopic (exact) mass is 450 g/mol. The van der Waals surface area contributed by atoms with Crippen LogP contribution in [-0.2, 0) is 12.8 Å². The first-order valence-electron chi connectivity index (χ1n) is 10.6. The first kappa shape index (κ1) is 18.5. The van der Waals surface area contributed by atoms with Crippen molar-refractivity contribution >= 4 is 44.4 Å². The van der Waals surface area contributed by atoms with Crippen molar-refractivity contribution in [3.05, 3.63) is 93.7 Å². The van der Waals surface area contributed by atoms with Crippen LogP contribution in [0.5, 0.6) is 0 Å². The lowest BCUT2D eigenvalue weighted by atomic mass is 9.92. The van der Waals surface area contributed by atoms with Gasteiger partial charge in [-0.25, -0.2) is 9.48 Å². The predicted octanol–water partition coefficient (Wildman–Crippen LogP) is 5.49. The molecule has 0 saturated heterocycles. The topological polar surface area (TPSA) is 73.8 Å². The van der Waals surface area contributed by atoms with Gasteiger partial charge < -0.3 is 4.42 Å². The molecule has 0 radical (unpaired) electrons. The van der Waals surface area contributed by atoms with Gasteiger partial charge in [-0.15, -0.1) is 0 Å². The van der Waals surface area contributed by atoms with Crippen LogP contribution in [0.25, 0.3) is 49.7 Å². The Morgan fingerprint density at radius 1 is 0.970 bits per heavy atom. The highest BCUT2D eigenvalue weighted by atomic mass is 35.5. The maximum absolute atomic E-state index is 12.8. The predicted molar refractivity (Wildman–Crippen MR) is 128 cm³/mol. The third-order valence-electron chi connectivity index (χ3n) is 6.31. The molecule has 4 heterocycles. The Balaban J connectivity index is 1.53. The molecule has 7 heteroatoms. The van der Waals surface area contributed by atoms with E-state index in [1.807, 2.05) is 59.4 Å². The maximum atomic E-state index is 12.8. The lowest BCUT2D eigenvalue weighted by molar-refractivity contribution is 0.569. The van der Waals surface area contributed by atoms with Gasteiger partial charge in [0.15, 0.2) is 0 Å². The molecule has 0 saturated carbocycles. The van der Waals surface area contributed by atoms with E-state index in [1.54, 1.807) is 12.3 Å². The molecular weight excluding hydrogens is 436 g/mol. The molecule has 0 N–H and O–H groups in total. The number of hydrogen-bond acceptors (Lipinski definition) is 5. The van der Waals surface area contributed by atoms with E-state index in [-0.39, 0.29) is 5.63 Å². The summed E-state index contributed by atoms with van der Waals surface area (Å²) in [5.74, 6) is 0. The zero-order valence-corrected chi connectivity index (χ0v) is 18.0. The smallest absolute Gasteiger partial charge is 0.345 e. The van der Waals surface area contributed by atoms with Crippen molar-refractivity contribution in [1.29, 1.82) is 0 Å². The average molecular weight is 451 g/mol. The number of aryl methyl sites for hydroxylation is 2. The molecule has 1 aliphatic carbocycles. The SMILES string of the molecule is O=c1oc2ccccc2c2nc3c(cc12)-c1c(cnn1-c1ccnc2cc(Cl)ccc12)CC3. The van der Waals surface area contributed by atoms with Gasteiger partial charge in [0.25, 0.3) is 0 Å². The molecule has 2 aromatic carbocycles. The third-order valence-corrected chi connectivity index (χ3v) is 6.54. The first-order chi connectivity index (χ1) is 16.2. The van der Waals surface area contributed by atoms with E-state index in [0.29, 0.717) is 21.5 Å². The number of aromatic nitrogens is 4. The largest absolute Gasteiger partial charge is 0.422 e. The maximum Gasteiger partial charge on any atom is 0.345 e. The summed E-state index contributed by atoms with van der Waals surface area (Å²) in [5, 5.41) is 7.61. The van der Waals surface area contributed by atoms with Gasteiger partial charge in [0, 0.05) is 27.6 Å². The first-order valence-corrected chi connectivity index (χ1v) is 11.0. The second-order valence-corrected chi connectivity index (χ2v) is 8.62. The third kappa shape index (κ3) is 2.68. The van der Waals surface area contributed by atoms with E-state index in [2.05, 4.69) is 4.98 Å². The summed E-state index contributed by atoms with van der Waals surface area (Å²) in [5.41, 5.74) is 6.46. The summed E-state index contributed by atoms with van der Waals surface area (Å²) in [6.45, 7) is 0. The molecule has 0 unspecified atom stereocenters. The van der Waals surface area contributed by atoms with Crippen LogP contribution in [-0.4, -0.2) is 19.7 Å².